The second-order valence-corrected chi connectivity index (χ2v) is 12.4. The zero-order valence-electron chi connectivity index (χ0n) is 26.8. The van der Waals surface area contributed by atoms with Crippen LogP contribution in [0, 0.1) is 5.92 Å². The largest absolute Gasteiger partial charge is 0.368 e. The van der Waals surface area contributed by atoms with Crippen molar-refractivity contribution in [3.8, 4) is 0 Å². The summed E-state index contributed by atoms with van der Waals surface area (Å²) in [5.74, 6) is -2.78. The normalized spacial score (nSPS) is 13.4. The molecule has 0 heterocycles. The molecule has 2 rings (SSSR count). The molecule has 12 nitrogen and oxygen atoms in total. The first-order valence-electron chi connectivity index (χ1n) is 15.2. The number of amides is 6. The molecule has 46 heavy (non-hydrogen) atoms. The maximum Gasteiger partial charge on any atom is 0.243 e. The molecule has 0 radical (unpaired) electrons. The monoisotopic (exact) mass is 654 g/mol. The fourth-order valence-electron chi connectivity index (χ4n) is 4.67. The molecule has 0 aliphatic rings. The smallest absolute Gasteiger partial charge is 0.243 e. The molecule has 0 aliphatic heterocycles. The van der Waals surface area contributed by atoms with E-state index in [0.29, 0.717) is 12.2 Å². The lowest BCUT2D eigenvalue weighted by Gasteiger charge is -2.24. The minimum Gasteiger partial charge on any atom is -0.368 e. The Morgan fingerprint density at radius 1 is 0.696 bits per heavy atom. The Hall–Kier alpha value is -4.39. The van der Waals surface area contributed by atoms with Gasteiger partial charge in [-0.3, -0.25) is 28.8 Å². The van der Waals surface area contributed by atoms with Gasteiger partial charge in [0.1, 0.15) is 24.2 Å². The molecule has 0 aliphatic carbocycles. The first kappa shape index (κ1) is 37.8. The van der Waals surface area contributed by atoms with Crippen molar-refractivity contribution in [2.45, 2.75) is 70.6 Å². The number of nitrogens with two attached hydrogens (primary N) is 1. The summed E-state index contributed by atoms with van der Waals surface area (Å²) in [5.41, 5.74) is 7.05. The van der Waals surface area contributed by atoms with Crippen LogP contribution in [0.4, 0.5) is 0 Å². The van der Waals surface area contributed by atoms with Gasteiger partial charge < -0.3 is 32.3 Å². The van der Waals surface area contributed by atoms with Gasteiger partial charge in [-0.1, -0.05) is 74.5 Å². The van der Waals surface area contributed by atoms with Gasteiger partial charge in [0.25, 0.3) is 0 Å². The number of benzene rings is 2. The molecule has 0 fully saturated rings. The zero-order chi connectivity index (χ0) is 34.1. The van der Waals surface area contributed by atoms with Gasteiger partial charge in [0, 0.05) is 19.8 Å². The summed E-state index contributed by atoms with van der Waals surface area (Å²) in [6.45, 7) is 4.61. The molecule has 6 amide bonds. The highest BCUT2D eigenvalue weighted by Gasteiger charge is 2.29. The fraction of sp³-hybridized carbons (Fsp3) is 0.455. The second kappa shape index (κ2) is 19.9. The molecule has 0 unspecified atom stereocenters. The lowest BCUT2D eigenvalue weighted by atomic mass is 10.0. The molecular weight excluding hydrogens is 608 g/mol. The first-order valence-corrected chi connectivity index (χ1v) is 16.6. The van der Waals surface area contributed by atoms with Crippen molar-refractivity contribution in [1.82, 2.24) is 26.6 Å². The fourth-order valence-corrected chi connectivity index (χ4v) is 5.14. The van der Waals surface area contributed by atoms with E-state index in [0.717, 1.165) is 11.1 Å². The van der Waals surface area contributed by atoms with E-state index >= 15 is 0 Å². The van der Waals surface area contributed by atoms with Crippen LogP contribution in [0.2, 0.25) is 0 Å². The highest BCUT2D eigenvalue weighted by atomic mass is 32.2. The van der Waals surface area contributed by atoms with Crippen molar-refractivity contribution in [2.75, 3.05) is 18.6 Å². The maximum atomic E-state index is 13.4. The molecule has 2 aromatic carbocycles. The number of rotatable bonds is 19. The van der Waals surface area contributed by atoms with Gasteiger partial charge in [-0.05, 0) is 41.9 Å². The Morgan fingerprint density at radius 3 is 1.67 bits per heavy atom. The molecule has 250 valence electrons. The summed E-state index contributed by atoms with van der Waals surface area (Å²) in [6, 6.07) is 14.4. The number of hydrogen-bond acceptors (Lipinski definition) is 7. The Bertz CT molecular complexity index is 1310. The number of carbonyl (C=O) groups is 6. The average molecular weight is 655 g/mol. The summed E-state index contributed by atoms with van der Waals surface area (Å²) < 4.78 is 0. The number of nitrogens with one attached hydrogen (secondary N) is 5. The quantitative estimate of drug-likeness (QED) is 0.129. The molecule has 13 heteroatoms. The van der Waals surface area contributed by atoms with Crippen LogP contribution >= 0.6 is 11.8 Å². The molecule has 0 spiro atoms. The van der Waals surface area contributed by atoms with E-state index in [2.05, 4.69) is 26.6 Å². The summed E-state index contributed by atoms with van der Waals surface area (Å²) in [4.78, 5) is 76.5. The molecule has 0 saturated heterocycles. The van der Waals surface area contributed by atoms with Crippen molar-refractivity contribution in [2.24, 2.45) is 11.7 Å². The highest BCUT2D eigenvalue weighted by molar-refractivity contribution is 7.98. The van der Waals surface area contributed by atoms with Gasteiger partial charge in [-0.25, -0.2) is 0 Å². The highest BCUT2D eigenvalue weighted by Crippen LogP contribution is 2.09. The average Bonchev–Trinajstić information content (AvgIpc) is 3.01. The second-order valence-electron chi connectivity index (χ2n) is 11.4. The number of thioether (sulfide) groups is 1. The van der Waals surface area contributed by atoms with Gasteiger partial charge in [0.15, 0.2) is 0 Å². The summed E-state index contributed by atoms with van der Waals surface area (Å²) in [5, 5.41) is 13.2. The van der Waals surface area contributed by atoms with Gasteiger partial charge in [0.2, 0.25) is 35.4 Å². The van der Waals surface area contributed by atoms with E-state index in [-0.39, 0.29) is 25.2 Å². The van der Waals surface area contributed by atoms with Gasteiger partial charge in [0.05, 0.1) is 6.54 Å². The third-order valence-electron chi connectivity index (χ3n) is 6.94. The predicted octanol–water partition coefficient (Wildman–Crippen LogP) is 0.832. The van der Waals surface area contributed by atoms with Crippen LogP contribution in [0.15, 0.2) is 60.7 Å². The number of primary amides is 1. The van der Waals surface area contributed by atoms with E-state index in [1.54, 1.807) is 12.1 Å². The summed E-state index contributed by atoms with van der Waals surface area (Å²) in [6.07, 6.45) is 2.85. The topological polar surface area (TPSA) is 189 Å². The minimum atomic E-state index is -1.07. The Balaban J connectivity index is 2.13. The molecule has 0 saturated carbocycles. The molecule has 0 aromatic heterocycles. The maximum absolute atomic E-state index is 13.4. The SMILES string of the molecule is CSCC[C@@H](NC(=O)[C@H](CC(C)C)NC(=O)CNC(=O)[C@H](Cc1ccccc1)NC(=O)[C@H](Cc1ccccc1)NC(C)=O)C(N)=O. The van der Waals surface area contributed by atoms with E-state index in [9.17, 15) is 28.8 Å². The van der Waals surface area contributed by atoms with Crippen LogP contribution in [-0.2, 0) is 41.6 Å². The molecular formula is C33H46N6O6S. The summed E-state index contributed by atoms with van der Waals surface area (Å²) >= 11 is 1.51. The van der Waals surface area contributed by atoms with Gasteiger partial charge in [-0.2, -0.15) is 11.8 Å². The molecule has 2 aromatic rings. The third kappa shape index (κ3) is 14.1. The van der Waals surface area contributed by atoms with Crippen LogP contribution in [0.25, 0.3) is 0 Å². The van der Waals surface area contributed by atoms with Crippen molar-refractivity contribution in [1.29, 1.82) is 0 Å². The molecule has 0 bridgehead atoms. The number of carbonyl (C=O) groups excluding carboxylic acids is 6. The van der Waals surface area contributed by atoms with E-state index in [4.69, 9.17) is 5.73 Å². The molecule has 7 N–H and O–H groups in total. The minimum absolute atomic E-state index is 0.0294. The van der Waals surface area contributed by atoms with Crippen molar-refractivity contribution in [3.63, 3.8) is 0 Å². The summed E-state index contributed by atoms with van der Waals surface area (Å²) in [7, 11) is 0. The number of hydrogen-bond donors (Lipinski definition) is 6. The Morgan fingerprint density at radius 2 is 1.20 bits per heavy atom. The van der Waals surface area contributed by atoms with Crippen molar-refractivity contribution in [3.05, 3.63) is 71.8 Å². The van der Waals surface area contributed by atoms with E-state index < -0.39 is 66.2 Å². The van der Waals surface area contributed by atoms with Crippen LogP contribution in [-0.4, -0.2) is 78.2 Å². The Labute approximate surface area is 274 Å². The molecule has 4 atom stereocenters. The third-order valence-corrected chi connectivity index (χ3v) is 7.59. The zero-order valence-corrected chi connectivity index (χ0v) is 27.7. The van der Waals surface area contributed by atoms with Gasteiger partial charge in [-0.15, -0.1) is 0 Å². The van der Waals surface area contributed by atoms with Crippen LogP contribution in [0.3, 0.4) is 0 Å². The van der Waals surface area contributed by atoms with Crippen LogP contribution < -0.4 is 32.3 Å². The first-order chi connectivity index (χ1) is 21.9. The van der Waals surface area contributed by atoms with Crippen LogP contribution in [0.1, 0.15) is 44.7 Å². The van der Waals surface area contributed by atoms with Crippen LogP contribution in [0.5, 0.6) is 0 Å². The lowest BCUT2D eigenvalue weighted by molar-refractivity contribution is -0.133. The Kier molecular flexibility index (Phi) is 16.3. The van der Waals surface area contributed by atoms with Gasteiger partial charge >= 0.3 is 0 Å². The van der Waals surface area contributed by atoms with Crippen molar-refractivity contribution < 1.29 is 28.8 Å². The van der Waals surface area contributed by atoms with E-state index in [1.165, 1.54) is 18.7 Å². The predicted molar refractivity (Wildman–Crippen MR) is 178 cm³/mol. The van der Waals surface area contributed by atoms with E-state index in [1.807, 2.05) is 68.6 Å². The standard InChI is InChI=1S/C33H46N6O6S/c1-21(2)17-26(32(44)38-25(30(34)42)15-16-46-4)37-29(41)20-35-31(43)27(18-23-11-7-5-8-12-23)39-33(45)28(36-22(3)40)19-24-13-9-6-10-14-24/h5-14,21,25-28H,15-20H2,1-4H3,(H2,34,42)(H,35,43)(H,36,40)(H,37,41)(H,38,44)(H,39,45)/t25-,26+,27+,28+/m1/s1. The lowest BCUT2D eigenvalue weighted by Crippen LogP contribution is -2.57. The van der Waals surface area contributed by atoms with Crippen molar-refractivity contribution >= 4 is 47.2 Å².